The molecular formula is C21H25NO3. The van der Waals surface area contributed by atoms with Gasteiger partial charge in [-0.15, -0.1) is 0 Å². The molecule has 2 aliphatic rings. The third kappa shape index (κ3) is 3.16. The van der Waals surface area contributed by atoms with Crippen LogP contribution in [0.1, 0.15) is 47.5 Å². The Hall–Kier alpha value is -1.91. The summed E-state index contributed by atoms with van der Waals surface area (Å²) >= 11 is 0. The molecule has 1 aliphatic heterocycles. The van der Waals surface area contributed by atoms with Gasteiger partial charge in [0.05, 0.1) is 18.8 Å². The number of carbonyl (C=O) groups is 1. The van der Waals surface area contributed by atoms with Gasteiger partial charge in [-0.2, -0.15) is 0 Å². The smallest absolute Gasteiger partial charge is 0.336 e. The van der Waals surface area contributed by atoms with Crippen LogP contribution < -0.4 is 0 Å². The molecule has 2 aromatic rings. The Morgan fingerprint density at radius 1 is 1.04 bits per heavy atom. The van der Waals surface area contributed by atoms with E-state index in [4.69, 9.17) is 4.74 Å². The Bertz CT molecular complexity index is 767. The van der Waals surface area contributed by atoms with Crippen molar-refractivity contribution < 1.29 is 14.6 Å². The zero-order valence-electron chi connectivity index (χ0n) is 14.5. The lowest BCUT2D eigenvalue weighted by molar-refractivity contribution is 0.00275. The molecule has 1 aliphatic carbocycles. The lowest BCUT2D eigenvalue weighted by Crippen LogP contribution is -2.47. The van der Waals surface area contributed by atoms with Crippen LogP contribution in [0.2, 0.25) is 0 Å². The standard InChI is InChI=1S/C21H25NO3/c23-21(24)20-16-6-2-1-5-15(16)9-10-18(20)17-7-3-4-8-19(17)22-11-13-25-14-12-22/h1-2,5-6,9-10,17,19H,3-4,7-8,11-14H2,(H,23,24)/t17-,19+/m0/s1. The number of nitrogens with zero attached hydrogens (tertiary/aromatic N) is 1. The normalized spacial score (nSPS) is 25.1. The topological polar surface area (TPSA) is 49.8 Å². The zero-order valence-corrected chi connectivity index (χ0v) is 14.5. The van der Waals surface area contributed by atoms with Crippen LogP contribution in [0.25, 0.3) is 10.8 Å². The third-order valence-corrected chi connectivity index (χ3v) is 5.82. The van der Waals surface area contributed by atoms with Crippen molar-refractivity contribution in [2.24, 2.45) is 0 Å². The Morgan fingerprint density at radius 2 is 1.80 bits per heavy atom. The van der Waals surface area contributed by atoms with Gasteiger partial charge in [-0.05, 0) is 29.2 Å². The predicted molar refractivity (Wildman–Crippen MR) is 98.3 cm³/mol. The van der Waals surface area contributed by atoms with Crippen LogP contribution in [-0.2, 0) is 4.74 Å². The van der Waals surface area contributed by atoms with Crippen molar-refractivity contribution in [1.82, 2.24) is 4.90 Å². The van der Waals surface area contributed by atoms with E-state index < -0.39 is 5.97 Å². The van der Waals surface area contributed by atoms with Crippen LogP contribution in [-0.4, -0.2) is 48.3 Å². The van der Waals surface area contributed by atoms with Crippen molar-refractivity contribution in [3.05, 3.63) is 47.5 Å². The highest BCUT2D eigenvalue weighted by Crippen LogP contribution is 2.39. The first-order chi connectivity index (χ1) is 12.3. The number of fused-ring (bicyclic) bond motifs is 1. The van der Waals surface area contributed by atoms with Crippen molar-refractivity contribution in [2.45, 2.75) is 37.6 Å². The minimum atomic E-state index is -0.807. The lowest BCUT2D eigenvalue weighted by atomic mass is 9.76. The van der Waals surface area contributed by atoms with Crippen LogP contribution >= 0.6 is 0 Å². The van der Waals surface area contributed by atoms with Gasteiger partial charge in [0, 0.05) is 25.0 Å². The van der Waals surface area contributed by atoms with Gasteiger partial charge in [0.1, 0.15) is 0 Å². The molecule has 2 atom stereocenters. The number of aromatic carboxylic acids is 1. The highest BCUT2D eigenvalue weighted by molar-refractivity contribution is 6.05. The largest absolute Gasteiger partial charge is 0.478 e. The van der Waals surface area contributed by atoms with E-state index in [-0.39, 0.29) is 0 Å². The summed E-state index contributed by atoms with van der Waals surface area (Å²) in [6.07, 6.45) is 4.63. The van der Waals surface area contributed by atoms with Gasteiger partial charge in [-0.1, -0.05) is 49.2 Å². The first-order valence-corrected chi connectivity index (χ1v) is 9.32. The molecule has 25 heavy (non-hydrogen) atoms. The maximum absolute atomic E-state index is 12.1. The number of ether oxygens (including phenoxy) is 1. The molecule has 0 amide bonds. The summed E-state index contributed by atoms with van der Waals surface area (Å²) in [5.41, 5.74) is 1.52. The Morgan fingerprint density at radius 3 is 2.60 bits per heavy atom. The highest BCUT2D eigenvalue weighted by atomic mass is 16.5. The molecular weight excluding hydrogens is 314 g/mol. The molecule has 1 saturated carbocycles. The lowest BCUT2D eigenvalue weighted by Gasteiger charge is -2.42. The number of hydrogen-bond acceptors (Lipinski definition) is 3. The molecule has 132 valence electrons. The number of rotatable bonds is 3. The SMILES string of the molecule is O=C(O)c1c([C@@H]2CCCC[C@H]2N2CCOCC2)ccc2ccccc12. The van der Waals surface area contributed by atoms with Crippen LogP contribution in [0.3, 0.4) is 0 Å². The Labute approximate surface area is 148 Å². The van der Waals surface area contributed by atoms with Gasteiger partial charge >= 0.3 is 5.97 Å². The third-order valence-electron chi connectivity index (χ3n) is 5.82. The summed E-state index contributed by atoms with van der Waals surface area (Å²) in [6.45, 7) is 3.48. The summed E-state index contributed by atoms with van der Waals surface area (Å²) in [5.74, 6) is -0.513. The van der Waals surface area contributed by atoms with Crippen molar-refractivity contribution in [1.29, 1.82) is 0 Å². The van der Waals surface area contributed by atoms with Gasteiger partial charge in [0.15, 0.2) is 0 Å². The monoisotopic (exact) mass is 339 g/mol. The van der Waals surface area contributed by atoms with Crippen molar-refractivity contribution in [3.8, 4) is 0 Å². The fourth-order valence-electron chi connectivity index (χ4n) is 4.66. The molecule has 0 bridgehead atoms. The summed E-state index contributed by atoms with van der Waals surface area (Å²) in [4.78, 5) is 14.6. The molecule has 2 aromatic carbocycles. The molecule has 1 saturated heterocycles. The molecule has 1 N–H and O–H groups in total. The Balaban J connectivity index is 1.78. The van der Waals surface area contributed by atoms with Crippen LogP contribution in [0, 0.1) is 0 Å². The average molecular weight is 339 g/mol. The van der Waals surface area contributed by atoms with Crippen LogP contribution in [0.15, 0.2) is 36.4 Å². The van der Waals surface area contributed by atoms with E-state index in [1.165, 1.54) is 12.8 Å². The maximum Gasteiger partial charge on any atom is 0.336 e. The average Bonchev–Trinajstić information content (AvgIpc) is 2.67. The number of carboxylic acid groups (broad SMARTS) is 1. The van der Waals surface area contributed by atoms with Gasteiger partial charge < -0.3 is 9.84 Å². The molecule has 4 nitrogen and oxygen atoms in total. The van der Waals surface area contributed by atoms with Crippen LogP contribution in [0.4, 0.5) is 0 Å². The van der Waals surface area contributed by atoms with E-state index in [1.807, 2.05) is 24.3 Å². The quantitative estimate of drug-likeness (QED) is 0.921. The van der Waals surface area contributed by atoms with E-state index in [2.05, 4.69) is 17.0 Å². The summed E-state index contributed by atoms with van der Waals surface area (Å²) < 4.78 is 5.52. The molecule has 0 radical (unpaired) electrons. The fourth-order valence-corrected chi connectivity index (χ4v) is 4.66. The molecule has 0 aromatic heterocycles. The zero-order chi connectivity index (χ0) is 17.2. The fraction of sp³-hybridized carbons (Fsp3) is 0.476. The molecule has 2 fully saturated rings. The second-order valence-electron chi connectivity index (χ2n) is 7.16. The molecule has 1 heterocycles. The van der Waals surface area contributed by atoms with Crippen molar-refractivity contribution in [3.63, 3.8) is 0 Å². The van der Waals surface area contributed by atoms with Crippen LogP contribution in [0.5, 0.6) is 0 Å². The van der Waals surface area contributed by atoms with E-state index in [1.54, 1.807) is 0 Å². The van der Waals surface area contributed by atoms with Gasteiger partial charge in [-0.25, -0.2) is 4.79 Å². The first kappa shape index (κ1) is 16.6. The highest BCUT2D eigenvalue weighted by Gasteiger charge is 2.34. The summed E-state index contributed by atoms with van der Waals surface area (Å²) in [7, 11) is 0. The molecule has 4 heteroatoms. The van der Waals surface area contributed by atoms with E-state index >= 15 is 0 Å². The first-order valence-electron chi connectivity index (χ1n) is 9.32. The van der Waals surface area contributed by atoms with Gasteiger partial charge in [0.25, 0.3) is 0 Å². The molecule has 0 unspecified atom stereocenters. The van der Waals surface area contributed by atoms with Gasteiger partial charge in [-0.3, -0.25) is 4.90 Å². The van der Waals surface area contributed by atoms with E-state index in [9.17, 15) is 9.90 Å². The maximum atomic E-state index is 12.1. The van der Waals surface area contributed by atoms with Crippen molar-refractivity contribution in [2.75, 3.05) is 26.3 Å². The van der Waals surface area contributed by atoms with E-state index in [0.717, 1.165) is 55.5 Å². The molecule has 4 rings (SSSR count). The minimum Gasteiger partial charge on any atom is -0.478 e. The summed E-state index contributed by atoms with van der Waals surface area (Å²) in [5, 5.41) is 11.8. The minimum absolute atomic E-state index is 0.294. The summed E-state index contributed by atoms with van der Waals surface area (Å²) in [6, 6.07) is 12.4. The van der Waals surface area contributed by atoms with Gasteiger partial charge in [0.2, 0.25) is 0 Å². The predicted octanol–water partition coefficient (Wildman–Crippen LogP) is 3.90. The number of morpholine rings is 1. The van der Waals surface area contributed by atoms with E-state index in [0.29, 0.717) is 17.5 Å². The second kappa shape index (κ2) is 7.14. The number of hydrogen-bond donors (Lipinski definition) is 1. The molecule has 0 spiro atoms. The second-order valence-corrected chi connectivity index (χ2v) is 7.16. The number of carboxylic acids is 1. The van der Waals surface area contributed by atoms with Crippen molar-refractivity contribution >= 4 is 16.7 Å². The Kier molecular flexibility index (Phi) is 4.73. The number of benzene rings is 2.